The quantitative estimate of drug-likeness (QED) is 0.713. The summed E-state index contributed by atoms with van der Waals surface area (Å²) < 4.78 is 10.9. The van der Waals surface area contributed by atoms with Crippen LogP contribution < -0.4 is 10.1 Å². The van der Waals surface area contributed by atoms with E-state index in [1.807, 2.05) is 48.0 Å². The van der Waals surface area contributed by atoms with Crippen molar-refractivity contribution in [2.45, 2.75) is 19.9 Å². The van der Waals surface area contributed by atoms with Gasteiger partial charge < -0.3 is 14.5 Å². The third-order valence-corrected chi connectivity index (χ3v) is 3.95. The van der Waals surface area contributed by atoms with Crippen LogP contribution in [0.5, 0.6) is 5.75 Å². The van der Waals surface area contributed by atoms with Crippen LogP contribution in [0.2, 0.25) is 0 Å². The molecule has 0 fully saturated rings. The molecule has 0 saturated heterocycles. The summed E-state index contributed by atoms with van der Waals surface area (Å²) in [6.45, 7) is 3.01. The molecular weight excluding hydrogens is 326 g/mol. The fourth-order valence-corrected chi connectivity index (χ4v) is 2.73. The Hall–Kier alpha value is -2.67. The number of thiophene rings is 1. The molecule has 6 nitrogen and oxygen atoms in total. The van der Waals surface area contributed by atoms with E-state index in [0.717, 1.165) is 16.9 Å². The van der Waals surface area contributed by atoms with E-state index < -0.39 is 0 Å². The van der Waals surface area contributed by atoms with Crippen molar-refractivity contribution in [3.05, 3.63) is 52.5 Å². The van der Waals surface area contributed by atoms with Crippen LogP contribution in [0.3, 0.4) is 0 Å². The average Bonchev–Trinajstić information content (AvgIpc) is 3.26. The van der Waals surface area contributed by atoms with Crippen molar-refractivity contribution < 1.29 is 13.9 Å². The predicted molar refractivity (Wildman–Crippen MR) is 90.8 cm³/mol. The summed E-state index contributed by atoms with van der Waals surface area (Å²) in [7, 11) is 0. The molecule has 2 heterocycles. The highest BCUT2D eigenvalue weighted by atomic mass is 32.1. The summed E-state index contributed by atoms with van der Waals surface area (Å²) in [5.41, 5.74) is 1.87. The first-order chi connectivity index (χ1) is 11.7. The molecule has 0 bridgehead atoms. The van der Waals surface area contributed by atoms with E-state index in [1.165, 1.54) is 0 Å². The third kappa shape index (κ3) is 4.20. The Balaban J connectivity index is 1.50. The van der Waals surface area contributed by atoms with Crippen molar-refractivity contribution in [3.8, 4) is 17.2 Å². The molecule has 0 atom stereocenters. The Morgan fingerprint density at radius 1 is 1.25 bits per heavy atom. The summed E-state index contributed by atoms with van der Waals surface area (Å²) in [6.07, 6.45) is 0.0637. The van der Waals surface area contributed by atoms with Gasteiger partial charge >= 0.3 is 0 Å². The maximum absolute atomic E-state index is 12.0. The van der Waals surface area contributed by atoms with E-state index in [2.05, 4.69) is 15.5 Å². The predicted octanol–water partition coefficient (Wildman–Crippen LogP) is 3.06. The van der Waals surface area contributed by atoms with Crippen LogP contribution in [0, 0.1) is 0 Å². The van der Waals surface area contributed by atoms with E-state index in [1.54, 1.807) is 11.3 Å². The van der Waals surface area contributed by atoms with Crippen molar-refractivity contribution in [1.29, 1.82) is 0 Å². The number of carbonyl (C=O) groups is 1. The minimum atomic E-state index is -0.163. The largest absolute Gasteiger partial charge is 0.494 e. The number of amides is 1. The highest BCUT2D eigenvalue weighted by Gasteiger charge is 2.12. The number of benzene rings is 1. The second kappa shape index (κ2) is 7.74. The van der Waals surface area contributed by atoms with Gasteiger partial charge in [0.15, 0.2) is 0 Å². The minimum Gasteiger partial charge on any atom is -0.494 e. The van der Waals surface area contributed by atoms with Crippen molar-refractivity contribution in [1.82, 2.24) is 15.5 Å². The molecule has 1 aromatic carbocycles. The lowest BCUT2D eigenvalue weighted by Crippen LogP contribution is -2.24. The van der Waals surface area contributed by atoms with Gasteiger partial charge in [-0.25, -0.2) is 0 Å². The Morgan fingerprint density at radius 2 is 2.08 bits per heavy atom. The zero-order chi connectivity index (χ0) is 16.8. The summed E-state index contributed by atoms with van der Waals surface area (Å²) >= 11 is 1.55. The van der Waals surface area contributed by atoms with Crippen LogP contribution in [-0.2, 0) is 17.8 Å². The molecule has 3 rings (SSSR count). The fourth-order valence-electron chi connectivity index (χ4n) is 2.10. The van der Waals surface area contributed by atoms with E-state index in [9.17, 15) is 4.79 Å². The van der Waals surface area contributed by atoms with Gasteiger partial charge in [-0.05, 0) is 36.1 Å². The summed E-state index contributed by atoms with van der Waals surface area (Å²) in [5.74, 6) is 1.40. The number of rotatable bonds is 7. The van der Waals surface area contributed by atoms with Gasteiger partial charge in [-0.3, -0.25) is 4.79 Å². The van der Waals surface area contributed by atoms with Gasteiger partial charge in [0.25, 0.3) is 0 Å². The van der Waals surface area contributed by atoms with Crippen LogP contribution >= 0.6 is 11.3 Å². The Morgan fingerprint density at radius 3 is 2.79 bits per heavy atom. The highest BCUT2D eigenvalue weighted by Crippen LogP contribution is 2.20. The van der Waals surface area contributed by atoms with Gasteiger partial charge in [0.1, 0.15) is 12.2 Å². The monoisotopic (exact) mass is 343 g/mol. The lowest BCUT2D eigenvalue weighted by atomic mass is 10.2. The first-order valence-electron chi connectivity index (χ1n) is 7.58. The number of hydrogen-bond donors (Lipinski definition) is 1. The number of ether oxygens (including phenoxy) is 1. The second-order valence-corrected chi connectivity index (χ2v) is 5.82. The summed E-state index contributed by atoms with van der Waals surface area (Å²) in [5, 5.41) is 14.6. The lowest BCUT2D eigenvalue weighted by Gasteiger charge is -2.06. The van der Waals surface area contributed by atoms with Crippen molar-refractivity contribution in [3.63, 3.8) is 0 Å². The van der Waals surface area contributed by atoms with E-state index in [-0.39, 0.29) is 12.3 Å². The molecule has 2 aromatic heterocycles. The Labute approximate surface area is 143 Å². The van der Waals surface area contributed by atoms with E-state index in [4.69, 9.17) is 9.15 Å². The minimum absolute atomic E-state index is 0.0637. The van der Waals surface area contributed by atoms with Crippen LogP contribution in [0.15, 0.2) is 45.5 Å². The lowest BCUT2D eigenvalue weighted by molar-refractivity contribution is -0.120. The number of nitrogens with one attached hydrogen (secondary N) is 1. The van der Waals surface area contributed by atoms with Crippen molar-refractivity contribution in [2.24, 2.45) is 0 Å². The standard InChI is InChI=1S/C17H17N3O3S/c1-2-22-14-5-3-12(4-6-14)10-18-15(21)9-16-19-20-17(23-16)13-7-8-24-11-13/h3-8,11H,2,9-10H2,1H3,(H,18,21). The van der Waals surface area contributed by atoms with Crippen LogP contribution in [0.25, 0.3) is 11.5 Å². The Kier molecular flexibility index (Phi) is 5.22. The smallest absolute Gasteiger partial charge is 0.248 e. The molecule has 0 saturated carbocycles. The highest BCUT2D eigenvalue weighted by molar-refractivity contribution is 7.08. The normalized spacial score (nSPS) is 10.5. The van der Waals surface area contributed by atoms with Gasteiger partial charge in [0.05, 0.1) is 6.61 Å². The van der Waals surface area contributed by atoms with Gasteiger partial charge in [-0.15, -0.1) is 10.2 Å². The topological polar surface area (TPSA) is 77.2 Å². The molecule has 3 aromatic rings. The molecule has 0 spiro atoms. The van der Waals surface area contributed by atoms with Gasteiger partial charge in [0, 0.05) is 17.5 Å². The molecular formula is C17H17N3O3S. The van der Waals surface area contributed by atoms with Gasteiger partial charge in [-0.2, -0.15) is 11.3 Å². The summed E-state index contributed by atoms with van der Waals surface area (Å²) in [4.78, 5) is 12.0. The number of hydrogen-bond acceptors (Lipinski definition) is 6. The van der Waals surface area contributed by atoms with E-state index >= 15 is 0 Å². The first-order valence-corrected chi connectivity index (χ1v) is 8.52. The van der Waals surface area contributed by atoms with Gasteiger partial charge in [0.2, 0.25) is 17.7 Å². The SMILES string of the molecule is CCOc1ccc(CNC(=O)Cc2nnc(-c3ccsc3)o2)cc1. The number of nitrogens with zero attached hydrogens (tertiary/aromatic N) is 2. The first kappa shape index (κ1) is 16.2. The average molecular weight is 343 g/mol. The van der Waals surface area contributed by atoms with Gasteiger partial charge in [-0.1, -0.05) is 12.1 Å². The zero-order valence-electron chi connectivity index (χ0n) is 13.2. The maximum Gasteiger partial charge on any atom is 0.248 e. The fraction of sp³-hybridized carbons (Fsp3) is 0.235. The zero-order valence-corrected chi connectivity index (χ0v) is 14.0. The van der Waals surface area contributed by atoms with E-state index in [0.29, 0.717) is 24.9 Å². The molecule has 0 unspecified atom stereocenters. The number of carbonyl (C=O) groups excluding carboxylic acids is 1. The third-order valence-electron chi connectivity index (χ3n) is 3.27. The molecule has 0 aliphatic rings. The van der Waals surface area contributed by atoms with Crippen molar-refractivity contribution >= 4 is 17.2 Å². The van der Waals surface area contributed by atoms with Crippen LogP contribution in [-0.4, -0.2) is 22.7 Å². The molecule has 0 radical (unpaired) electrons. The number of aromatic nitrogens is 2. The van der Waals surface area contributed by atoms with Crippen molar-refractivity contribution in [2.75, 3.05) is 6.61 Å². The second-order valence-electron chi connectivity index (χ2n) is 5.04. The Bertz CT molecular complexity index is 782. The summed E-state index contributed by atoms with van der Waals surface area (Å²) in [6, 6.07) is 9.51. The molecule has 24 heavy (non-hydrogen) atoms. The van der Waals surface area contributed by atoms with Crippen LogP contribution in [0.1, 0.15) is 18.4 Å². The maximum atomic E-state index is 12.0. The molecule has 124 valence electrons. The molecule has 1 amide bonds. The molecule has 0 aliphatic carbocycles. The molecule has 0 aliphatic heterocycles. The molecule has 1 N–H and O–H groups in total. The molecule has 7 heteroatoms. The van der Waals surface area contributed by atoms with Crippen LogP contribution in [0.4, 0.5) is 0 Å².